The van der Waals surface area contributed by atoms with Crippen molar-refractivity contribution in [3.63, 3.8) is 0 Å². The molecule has 1 saturated carbocycles. The fraction of sp³-hybridized carbons (Fsp3) is 0.870. The van der Waals surface area contributed by atoms with Crippen molar-refractivity contribution in [1.82, 2.24) is 20.0 Å². The number of carbonyl (C=O) groups excluding carboxylic acids is 3. The number of fused-ring (bicyclic) bond motifs is 1. The summed E-state index contributed by atoms with van der Waals surface area (Å²) in [6.07, 6.45) is 8.38. The van der Waals surface area contributed by atoms with Gasteiger partial charge in [0.05, 0.1) is 5.92 Å². The van der Waals surface area contributed by atoms with Gasteiger partial charge in [-0.2, -0.15) is 0 Å². The van der Waals surface area contributed by atoms with E-state index >= 15 is 0 Å². The van der Waals surface area contributed by atoms with Gasteiger partial charge < -0.3 is 15.1 Å². The van der Waals surface area contributed by atoms with Gasteiger partial charge in [-0.05, 0) is 58.2 Å². The number of hydrogen-bond acceptors (Lipinski definition) is 5. The highest BCUT2D eigenvalue weighted by atomic mass is 16.2. The summed E-state index contributed by atoms with van der Waals surface area (Å²) in [5, 5.41) is 2.99. The molecule has 0 aromatic rings. The number of unbranched alkanes of at least 4 members (excludes halogenated alkanes) is 1. The van der Waals surface area contributed by atoms with E-state index in [2.05, 4.69) is 29.1 Å². The second kappa shape index (κ2) is 11.2. The third-order valence-electron chi connectivity index (χ3n) is 7.16. The lowest BCUT2D eigenvalue weighted by Gasteiger charge is -2.45. The molecule has 30 heavy (non-hydrogen) atoms. The third kappa shape index (κ3) is 6.03. The molecule has 1 N–H and O–H groups in total. The van der Waals surface area contributed by atoms with Crippen molar-refractivity contribution in [2.45, 2.75) is 70.8 Å². The maximum absolute atomic E-state index is 13.4. The van der Waals surface area contributed by atoms with Crippen molar-refractivity contribution in [1.29, 1.82) is 0 Å². The van der Waals surface area contributed by atoms with Crippen LogP contribution in [0.15, 0.2) is 0 Å². The number of imide groups is 1. The van der Waals surface area contributed by atoms with E-state index in [4.69, 9.17) is 0 Å². The molecular formula is C23H40N4O3. The second-order valence-corrected chi connectivity index (χ2v) is 9.46. The van der Waals surface area contributed by atoms with Gasteiger partial charge in [-0.3, -0.25) is 14.5 Å². The first-order valence-electron chi connectivity index (χ1n) is 12.0. The lowest BCUT2D eigenvalue weighted by molar-refractivity contribution is -0.138. The van der Waals surface area contributed by atoms with Crippen LogP contribution in [0.25, 0.3) is 0 Å². The first kappa shape index (κ1) is 23.2. The normalized spacial score (nSPS) is 28.1. The highest BCUT2D eigenvalue weighted by Gasteiger charge is 2.42. The number of ketones is 1. The molecule has 3 aliphatic rings. The van der Waals surface area contributed by atoms with Crippen LogP contribution in [0.3, 0.4) is 0 Å². The van der Waals surface area contributed by atoms with Crippen LogP contribution in [0.2, 0.25) is 0 Å². The Morgan fingerprint density at radius 1 is 1.20 bits per heavy atom. The Morgan fingerprint density at radius 2 is 1.97 bits per heavy atom. The topological polar surface area (TPSA) is 73.0 Å². The Balaban J connectivity index is 1.56. The van der Waals surface area contributed by atoms with Crippen molar-refractivity contribution >= 4 is 17.7 Å². The summed E-state index contributed by atoms with van der Waals surface area (Å²) in [5.41, 5.74) is 0. The summed E-state index contributed by atoms with van der Waals surface area (Å²) in [5.74, 6) is 0.291. The zero-order valence-electron chi connectivity index (χ0n) is 18.9. The van der Waals surface area contributed by atoms with Crippen LogP contribution in [0.5, 0.6) is 0 Å². The summed E-state index contributed by atoms with van der Waals surface area (Å²) >= 11 is 0. The van der Waals surface area contributed by atoms with E-state index in [1.165, 1.54) is 24.2 Å². The van der Waals surface area contributed by atoms with E-state index in [0.717, 1.165) is 45.3 Å². The molecule has 3 amide bonds. The summed E-state index contributed by atoms with van der Waals surface area (Å²) < 4.78 is 0. The molecule has 0 aromatic carbocycles. The van der Waals surface area contributed by atoms with Crippen LogP contribution in [-0.4, -0.2) is 84.8 Å². The van der Waals surface area contributed by atoms with Crippen molar-refractivity contribution in [2.24, 2.45) is 11.8 Å². The molecule has 7 heteroatoms. The van der Waals surface area contributed by atoms with Gasteiger partial charge in [-0.1, -0.05) is 19.8 Å². The SMILES string of the molecule is CCCCN(C(=O)NCCN1CCCCC1)C(=O)C1C[C@@H]2CC(=O)CC[C@H]2N(C)C1. The minimum atomic E-state index is -0.255. The van der Waals surface area contributed by atoms with Crippen LogP contribution < -0.4 is 5.32 Å². The number of hydrogen-bond donors (Lipinski definition) is 1. The van der Waals surface area contributed by atoms with E-state index in [9.17, 15) is 14.4 Å². The standard InChI is InChI=1S/C23H40N4O3/c1-3-4-13-27(23(30)24-10-14-26-11-6-5-7-12-26)22(29)19-15-18-16-20(28)8-9-21(18)25(2)17-19/h18-19,21H,3-17H2,1-2H3,(H,24,30)/t18-,19?,21-/m1/s1. The molecule has 2 aliphatic heterocycles. The summed E-state index contributed by atoms with van der Waals surface area (Å²) in [4.78, 5) is 44.3. The highest BCUT2D eigenvalue weighted by molar-refractivity contribution is 5.95. The Bertz CT molecular complexity index is 605. The monoisotopic (exact) mass is 420 g/mol. The molecule has 0 aromatic heterocycles. The van der Waals surface area contributed by atoms with Crippen LogP contribution in [-0.2, 0) is 9.59 Å². The molecule has 3 atom stereocenters. The van der Waals surface area contributed by atoms with Crippen LogP contribution in [0, 0.1) is 11.8 Å². The average molecular weight is 421 g/mol. The van der Waals surface area contributed by atoms with E-state index in [1.807, 2.05) is 0 Å². The Labute approximate surface area is 181 Å². The van der Waals surface area contributed by atoms with E-state index in [0.29, 0.717) is 44.3 Å². The fourth-order valence-corrected chi connectivity index (χ4v) is 5.45. The molecular weight excluding hydrogens is 380 g/mol. The molecule has 3 rings (SSSR count). The van der Waals surface area contributed by atoms with Gasteiger partial charge in [-0.15, -0.1) is 0 Å². The van der Waals surface area contributed by atoms with Crippen LogP contribution in [0.4, 0.5) is 4.79 Å². The molecule has 170 valence electrons. The van der Waals surface area contributed by atoms with Gasteiger partial charge in [0.1, 0.15) is 5.78 Å². The van der Waals surface area contributed by atoms with Gasteiger partial charge in [0.15, 0.2) is 0 Å². The number of piperidine rings is 2. The van der Waals surface area contributed by atoms with Crippen LogP contribution >= 0.6 is 0 Å². The van der Waals surface area contributed by atoms with Gasteiger partial charge in [-0.25, -0.2) is 4.79 Å². The Hall–Kier alpha value is -1.47. The second-order valence-electron chi connectivity index (χ2n) is 9.46. The lowest BCUT2D eigenvalue weighted by Crippen LogP contribution is -2.55. The molecule has 2 heterocycles. The number of urea groups is 1. The van der Waals surface area contributed by atoms with Crippen molar-refractivity contribution in [3.8, 4) is 0 Å². The van der Waals surface area contributed by atoms with Crippen LogP contribution in [0.1, 0.15) is 64.7 Å². The van der Waals surface area contributed by atoms with Crippen molar-refractivity contribution in [2.75, 3.05) is 46.3 Å². The van der Waals surface area contributed by atoms with E-state index < -0.39 is 0 Å². The molecule has 0 spiro atoms. The zero-order valence-corrected chi connectivity index (χ0v) is 18.9. The summed E-state index contributed by atoms with van der Waals surface area (Å²) in [7, 11) is 2.06. The Kier molecular flexibility index (Phi) is 8.69. The largest absolute Gasteiger partial charge is 0.336 e. The number of nitrogens with zero attached hydrogens (tertiary/aromatic N) is 3. The molecule has 0 bridgehead atoms. The third-order valence-corrected chi connectivity index (χ3v) is 7.16. The maximum atomic E-state index is 13.4. The summed E-state index contributed by atoms with van der Waals surface area (Å²) in [6.45, 7) is 6.85. The van der Waals surface area contributed by atoms with Crippen molar-refractivity contribution < 1.29 is 14.4 Å². The fourth-order valence-electron chi connectivity index (χ4n) is 5.45. The predicted octanol–water partition coefficient (Wildman–Crippen LogP) is 2.50. The first-order chi connectivity index (χ1) is 14.5. The molecule has 2 saturated heterocycles. The zero-order chi connectivity index (χ0) is 21.5. The lowest BCUT2D eigenvalue weighted by atomic mass is 9.74. The van der Waals surface area contributed by atoms with Gasteiger partial charge in [0.25, 0.3) is 0 Å². The minimum Gasteiger partial charge on any atom is -0.336 e. The molecule has 1 aliphatic carbocycles. The quantitative estimate of drug-likeness (QED) is 0.685. The van der Waals surface area contributed by atoms with Gasteiger partial charge in [0.2, 0.25) is 5.91 Å². The molecule has 7 nitrogen and oxygen atoms in total. The first-order valence-corrected chi connectivity index (χ1v) is 12.0. The number of Topliss-reactive ketones (excluding diaryl/α,β-unsaturated/α-hetero) is 1. The van der Waals surface area contributed by atoms with E-state index in [-0.39, 0.29) is 23.8 Å². The minimum absolute atomic E-state index is 0.0674. The molecule has 3 fully saturated rings. The number of amides is 3. The highest BCUT2D eigenvalue weighted by Crippen LogP contribution is 2.36. The van der Waals surface area contributed by atoms with Crippen molar-refractivity contribution in [3.05, 3.63) is 0 Å². The number of nitrogens with one attached hydrogen (secondary N) is 1. The maximum Gasteiger partial charge on any atom is 0.324 e. The van der Waals surface area contributed by atoms with Gasteiger partial charge in [0, 0.05) is 45.1 Å². The number of rotatable bonds is 7. The predicted molar refractivity (Wildman–Crippen MR) is 117 cm³/mol. The summed E-state index contributed by atoms with van der Waals surface area (Å²) in [6, 6.07) is 0.143. The number of carbonyl (C=O) groups is 3. The Morgan fingerprint density at radius 3 is 2.70 bits per heavy atom. The van der Waals surface area contributed by atoms with Gasteiger partial charge >= 0.3 is 6.03 Å². The molecule has 1 unspecified atom stereocenters. The molecule has 0 radical (unpaired) electrons. The smallest absolute Gasteiger partial charge is 0.324 e. The van der Waals surface area contributed by atoms with E-state index in [1.54, 1.807) is 0 Å². The average Bonchev–Trinajstić information content (AvgIpc) is 2.74. The number of likely N-dealkylation sites (tertiary alicyclic amines) is 2.